The molecule has 1 rings (SSSR count). The first-order valence-corrected chi connectivity index (χ1v) is 7.23. The Morgan fingerprint density at radius 2 is 1.90 bits per heavy atom. The summed E-state index contributed by atoms with van der Waals surface area (Å²) in [6.07, 6.45) is 4.33. The number of aliphatic carboxylic acids is 1. The van der Waals surface area contributed by atoms with Crippen molar-refractivity contribution in [2.75, 3.05) is 33.4 Å². The lowest BCUT2D eigenvalue weighted by Gasteiger charge is -2.28. The van der Waals surface area contributed by atoms with Gasteiger partial charge in [0.2, 0.25) is 5.91 Å². The third kappa shape index (κ3) is 6.86. The number of nitrogens with one attached hydrogen (secondary N) is 1. The summed E-state index contributed by atoms with van der Waals surface area (Å²) in [5.41, 5.74) is 0. The minimum absolute atomic E-state index is 0.0955. The summed E-state index contributed by atoms with van der Waals surface area (Å²) in [7, 11) is 1.56. The van der Waals surface area contributed by atoms with Crippen LogP contribution in [0.2, 0.25) is 0 Å². The lowest BCUT2D eigenvalue weighted by Crippen LogP contribution is -2.45. The van der Waals surface area contributed by atoms with Crippen LogP contribution in [0.3, 0.4) is 0 Å². The van der Waals surface area contributed by atoms with E-state index in [1.165, 1.54) is 0 Å². The topological polar surface area (TPSA) is 78.9 Å². The third-order valence-corrected chi connectivity index (χ3v) is 3.72. The van der Waals surface area contributed by atoms with E-state index in [-0.39, 0.29) is 25.0 Å². The Bertz CT molecular complexity index is 314. The van der Waals surface area contributed by atoms with Crippen LogP contribution in [0.15, 0.2) is 0 Å². The maximum absolute atomic E-state index is 12.0. The molecule has 0 aromatic rings. The number of carbonyl (C=O) groups is 2. The Labute approximate surface area is 120 Å². The van der Waals surface area contributed by atoms with Crippen LogP contribution < -0.4 is 5.32 Å². The minimum Gasteiger partial charge on any atom is -0.480 e. The first kappa shape index (κ1) is 16.9. The quantitative estimate of drug-likeness (QED) is 0.687. The molecule has 0 heterocycles. The van der Waals surface area contributed by atoms with Crippen molar-refractivity contribution < 1.29 is 19.4 Å². The molecule has 2 N–H and O–H groups in total. The van der Waals surface area contributed by atoms with Gasteiger partial charge >= 0.3 is 5.97 Å². The SMILES string of the molecule is COCCN(CC(=O)O)CC(=O)NC1CCC(C)CC1. The zero-order valence-electron chi connectivity index (χ0n) is 12.4. The van der Waals surface area contributed by atoms with E-state index >= 15 is 0 Å². The fourth-order valence-electron chi connectivity index (χ4n) is 2.51. The Kier molecular flexibility index (Phi) is 7.54. The van der Waals surface area contributed by atoms with Crippen LogP contribution in [0.25, 0.3) is 0 Å². The predicted molar refractivity (Wildman–Crippen MR) is 75.5 cm³/mol. The van der Waals surface area contributed by atoms with Crippen LogP contribution in [0.5, 0.6) is 0 Å². The van der Waals surface area contributed by atoms with Crippen LogP contribution in [0.1, 0.15) is 32.6 Å². The molecule has 0 aromatic heterocycles. The molecule has 1 amide bonds. The van der Waals surface area contributed by atoms with Gasteiger partial charge in [-0.05, 0) is 31.6 Å². The van der Waals surface area contributed by atoms with Crippen molar-refractivity contribution in [3.05, 3.63) is 0 Å². The molecule has 0 aliphatic heterocycles. The van der Waals surface area contributed by atoms with E-state index in [1.54, 1.807) is 12.0 Å². The molecule has 0 spiro atoms. The number of hydrogen-bond acceptors (Lipinski definition) is 4. The van der Waals surface area contributed by atoms with Gasteiger partial charge in [-0.1, -0.05) is 6.92 Å². The Balaban J connectivity index is 2.34. The van der Waals surface area contributed by atoms with E-state index in [1.807, 2.05) is 0 Å². The Hall–Kier alpha value is -1.14. The zero-order chi connectivity index (χ0) is 15.0. The highest BCUT2D eigenvalue weighted by molar-refractivity contribution is 5.79. The smallest absolute Gasteiger partial charge is 0.317 e. The van der Waals surface area contributed by atoms with Crippen molar-refractivity contribution >= 4 is 11.9 Å². The number of amides is 1. The second-order valence-corrected chi connectivity index (χ2v) is 5.62. The normalized spacial score (nSPS) is 22.8. The average Bonchev–Trinajstić information content (AvgIpc) is 2.38. The fraction of sp³-hybridized carbons (Fsp3) is 0.857. The van der Waals surface area contributed by atoms with Gasteiger partial charge in [0.25, 0.3) is 0 Å². The van der Waals surface area contributed by atoms with E-state index in [9.17, 15) is 9.59 Å². The number of carbonyl (C=O) groups excluding carboxylic acids is 1. The molecule has 0 unspecified atom stereocenters. The lowest BCUT2D eigenvalue weighted by molar-refractivity contribution is -0.138. The van der Waals surface area contributed by atoms with Crippen LogP contribution in [0, 0.1) is 5.92 Å². The van der Waals surface area contributed by atoms with Crippen molar-refractivity contribution in [1.29, 1.82) is 0 Å². The monoisotopic (exact) mass is 286 g/mol. The Morgan fingerprint density at radius 1 is 1.25 bits per heavy atom. The molecule has 1 aliphatic rings. The molecule has 116 valence electrons. The molecule has 0 atom stereocenters. The van der Waals surface area contributed by atoms with Crippen LogP contribution in [0.4, 0.5) is 0 Å². The molecule has 1 aliphatic carbocycles. The fourth-order valence-corrected chi connectivity index (χ4v) is 2.51. The summed E-state index contributed by atoms with van der Waals surface area (Å²) in [5.74, 6) is -0.282. The molecule has 1 saturated carbocycles. The van der Waals surface area contributed by atoms with Gasteiger partial charge in [0.1, 0.15) is 0 Å². The van der Waals surface area contributed by atoms with Gasteiger partial charge < -0.3 is 15.2 Å². The van der Waals surface area contributed by atoms with Gasteiger partial charge in [0.05, 0.1) is 19.7 Å². The van der Waals surface area contributed by atoms with E-state index in [0.717, 1.165) is 31.6 Å². The van der Waals surface area contributed by atoms with Gasteiger partial charge in [0.15, 0.2) is 0 Å². The second kappa shape index (κ2) is 8.92. The zero-order valence-corrected chi connectivity index (χ0v) is 12.4. The molecule has 20 heavy (non-hydrogen) atoms. The largest absolute Gasteiger partial charge is 0.480 e. The van der Waals surface area contributed by atoms with Gasteiger partial charge in [-0.15, -0.1) is 0 Å². The highest BCUT2D eigenvalue weighted by Crippen LogP contribution is 2.23. The van der Waals surface area contributed by atoms with E-state index in [4.69, 9.17) is 9.84 Å². The highest BCUT2D eigenvalue weighted by Gasteiger charge is 2.21. The first-order valence-electron chi connectivity index (χ1n) is 7.23. The summed E-state index contributed by atoms with van der Waals surface area (Å²) in [4.78, 5) is 24.3. The number of carboxylic acids is 1. The summed E-state index contributed by atoms with van der Waals surface area (Å²) in [6.45, 7) is 3.07. The third-order valence-electron chi connectivity index (χ3n) is 3.72. The van der Waals surface area contributed by atoms with E-state index in [2.05, 4.69) is 12.2 Å². The van der Waals surface area contributed by atoms with Gasteiger partial charge in [-0.25, -0.2) is 0 Å². The van der Waals surface area contributed by atoms with E-state index in [0.29, 0.717) is 13.2 Å². The van der Waals surface area contributed by atoms with Crippen molar-refractivity contribution in [3.8, 4) is 0 Å². The highest BCUT2D eigenvalue weighted by atomic mass is 16.5. The maximum Gasteiger partial charge on any atom is 0.317 e. The number of rotatable bonds is 8. The van der Waals surface area contributed by atoms with Crippen LogP contribution >= 0.6 is 0 Å². The molecule has 0 radical (unpaired) electrons. The van der Waals surface area contributed by atoms with Crippen molar-refractivity contribution in [2.24, 2.45) is 5.92 Å². The molecule has 6 heteroatoms. The minimum atomic E-state index is -0.930. The number of ether oxygens (including phenoxy) is 1. The van der Waals surface area contributed by atoms with Gasteiger partial charge in [-0.2, -0.15) is 0 Å². The number of carboxylic acid groups (broad SMARTS) is 1. The standard InChI is InChI=1S/C14H26N2O4/c1-11-3-5-12(6-4-11)15-13(17)9-16(7-8-20-2)10-14(18)19/h11-12H,3-10H2,1-2H3,(H,15,17)(H,18,19). The molecular weight excluding hydrogens is 260 g/mol. The summed E-state index contributed by atoms with van der Waals surface area (Å²) in [6, 6.07) is 0.243. The molecule has 1 fully saturated rings. The number of methoxy groups -OCH3 is 1. The average molecular weight is 286 g/mol. The summed E-state index contributed by atoms with van der Waals surface area (Å²) in [5, 5.41) is 11.8. The van der Waals surface area contributed by atoms with Crippen molar-refractivity contribution in [1.82, 2.24) is 10.2 Å². The van der Waals surface area contributed by atoms with Crippen LogP contribution in [-0.2, 0) is 14.3 Å². The van der Waals surface area contributed by atoms with Crippen LogP contribution in [-0.4, -0.2) is 61.3 Å². The van der Waals surface area contributed by atoms with Crippen molar-refractivity contribution in [3.63, 3.8) is 0 Å². The number of nitrogens with zero attached hydrogens (tertiary/aromatic N) is 1. The summed E-state index contributed by atoms with van der Waals surface area (Å²) < 4.78 is 4.93. The Morgan fingerprint density at radius 3 is 2.45 bits per heavy atom. The van der Waals surface area contributed by atoms with Crippen molar-refractivity contribution in [2.45, 2.75) is 38.6 Å². The predicted octanol–water partition coefficient (Wildman–Crippen LogP) is 0.714. The molecule has 0 aromatic carbocycles. The maximum atomic E-state index is 12.0. The molecular formula is C14H26N2O4. The lowest BCUT2D eigenvalue weighted by atomic mass is 9.87. The second-order valence-electron chi connectivity index (χ2n) is 5.62. The first-order chi connectivity index (χ1) is 9.51. The molecule has 0 saturated heterocycles. The number of hydrogen-bond donors (Lipinski definition) is 2. The van der Waals surface area contributed by atoms with Gasteiger partial charge in [0, 0.05) is 19.7 Å². The molecule has 0 bridgehead atoms. The summed E-state index contributed by atoms with van der Waals surface area (Å²) >= 11 is 0. The van der Waals surface area contributed by atoms with Gasteiger partial charge in [-0.3, -0.25) is 14.5 Å². The van der Waals surface area contributed by atoms with E-state index < -0.39 is 5.97 Å². The molecule has 6 nitrogen and oxygen atoms in total.